The topological polar surface area (TPSA) is 35.2 Å². The molecule has 1 unspecified atom stereocenters. The van der Waals surface area contributed by atoms with Gasteiger partial charge in [0.2, 0.25) is 0 Å². The van der Waals surface area contributed by atoms with E-state index in [2.05, 4.69) is 0 Å². The first-order valence-electron chi connectivity index (χ1n) is 4.25. The fraction of sp³-hybridized carbons (Fsp3) is 0.400. The summed E-state index contributed by atoms with van der Waals surface area (Å²) < 4.78 is 31.8. The van der Waals surface area contributed by atoms with Gasteiger partial charge in [0, 0.05) is 12.1 Å². The summed E-state index contributed by atoms with van der Waals surface area (Å²) in [5.74, 6) is -0.662. The van der Waals surface area contributed by atoms with E-state index in [0.717, 1.165) is 0 Å². The first-order valence-corrected chi connectivity index (χ1v) is 4.25. The number of methoxy groups -OCH3 is 1. The van der Waals surface area contributed by atoms with Crippen LogP contribution in [-0.2, 0) is 5.67 Å². The van der Waals surface area contributed by atoms with Crippen molar-refractivity contribution in [3.05, 3.63) is 29.6 Å². The Morgan fingerprint density at radius 3 is 2.64 bits per heavy atom. The monoisotopic (exact) mass is 201 g/mol. The Labute approximate surface area is 81.7 Å². The molecule has 0 aliphatic carbocycles. The second-order valence-corrected chi connectivity index (χ2v) is 3.22. The lowest BCUT2D eigenvalue weighted by atomic mass is 9.97. The van der Waals surface area contributed by atoms with Gasteiger partial charge in [0.25, 0.3) is 0 Å². The summed E-state index contributed by atoms with van der Waals surface area (Å²) >= 11 is 0. The maximum Gasteiger partial charge on any atom is 0.165 e. The molecule has 0 spiro atoms. The summed E-state index contributed by atoms with van der Waals surface area (Å²) in [4.78, 5) is 0. The van der Waals surface area contributed by atoms with E-state index in [1.807, 2.05) is 0 Å². The van der Waals surface area contributed by atoms with Gasteiger partial charge in [-0.1, -0.05) is 12.1 Å². The summed E-state index contributed by atoms with van der Waals surface area (Å²) in [6.45, 7) is 1.08. The first-order chi connectivity index (χ1) is 6.53. The van der Waals surface area contributed by atoms with E-state index in [-0.39, 0.29) is 17.9 Å². The van der Waals surface area contributed by atoms with Gasteiger partial charge >= 0.3 is 0 Å². The zero-order valence-corrected chi connectivity index (χ0v) is 8.18. The molecule has 0 aliphatic heterocycles. The van der Waals surface area contributed by atoms with E-state index in [4.69, 9.17) is 10.5 Å². The highest BCUT2D eigenvalue weighted by molar-refractivity contribution is 5.39. The van der Waals surface area contributed by atoms with Crippen LogP contribution in [0.4, 0.5) is 8.78 Å². The standard InChI is InChI=1S/C10H13F2NO/c1-10(12,6-13)7-4-3-5-8(11)9(7)14-2/h3-5H,6,13H2,1-2H3. The normalized spacial score (nSPS) is 14.9. The van der Waals surface area contributed by atoms with Gasteiger partial charge < -0.3 is 10.5 Å². The molecule has 1 rings (SSSR count). The lowest BCUT2D eigenvalue weighted by molar-refractivity contribution is 0.194. The molecule has 1 atom stereocenters. The number of para-hydroxylation sites is 1. The Morgan fingerprint density at radius 2 is 2.14 bits per heavy atom. The largest absolute Gasteiger partial charge is 0.493 e. The van der Waals surface area contributed by atoms with Gasteiger partial charge in [0.05, 0.1) is 7.11 Å². The fourth-order valence-corrected chi connectivity index (χ4v) is 1.24. The number of alkyl halides is 1. The molecule has 0 aliphatic rings. The van der Waals surface area contributed by atoms with Crippen molar-refractivity contribution in [3.63, 3.8) is 0 Å². The minimum Gasteiger partial charge on any atom is -0.493 e. The molecule has 0 heterocycles. The van der Waals surface area contributed by atoms with Gasteiger partial charge in [0.1, 0.15) is 5.67 Å². The number of ether oxygens (including phenoxy) is 1. The van der Waals surface area contributed by atoms with Crippen molar-refractivity contribution in [1.29, 1.82) is 0 Å². The van der Waals surface area contributed by atoms with Crippen molar-refractivity contribution < 1.29 is 13.5 Å². The molecule has 0 amide bonds. The molecule has 0 saturated heterocycles. The third-order valence-corrected chi connectivity index (χ3v) is 2.12. The molecule has 0 bridgehead atoms. The van der Waals surface area contributed by atoms with Crippen molar-refractivity contribution >= 4 is 0 Å². The molecule has 1 aromatic carbocycles. The number of nitrogens with two attached hydrogens (primary N) is 1. The fourth-order valence-electron chi connectivity index (χ4n) is 1.24. The number of halogens is 2. The van der Waals surface area contributed by atoms with Gasteiger partial charge in [0.15, 0.2) is 11.6 Å². The predicted octanol–water partition coefficient (Wildman–Crippen LogP) is 1.98. The third-order valence-electron chi connectivity index (χ3n) is 2.12. The van der Waals surface area contributed by atoms with Gasteiger partial charge in [-0.3, -0.25) is 0 Å². The molecule has 2 N–H and O–H groups in total. The van der Waals surface area contributed by atoms with E-state index in [0.29, 0.717) is 0 Å². The molecular weight excluding hydrogens is 188 g/mol. The van der Waals surface area contributed by atoms with Gasteiger partial charge in [-0.25, -0.2) is 8.78 Å². The van der Waals surface area contributed by atoms with Crippen molar-refractivity contribution in [2.24, 2.45) is 5.73 Å². The SMILES string of the molecule is COc1c(F)cccc1C(C)(F)CN. The molecule has 0 fully saturated rings. The van der Waals surface area contributed by atoms with Crippen molar-refractivity contribution in [1.82, 2.24) is 0 Å². The van der Waals surface area contributed by atoms with Crippen molar-refractivity contribution in [2.75, 3.05) is 13.7 Å². The van der Waals surface area contributed by atoms with Crippen LogP contribution < -0.4 is 10.5 Å². The predicted molar refractivity (Wildman–Crippen MR) is 50.5 cm³/mol. The highest BCUT2D eigenvalue weighted by Crippen LogP contribution is 2.33. The number of hydrogen-bond acceptors (Lipinski definition) is 2. The van der Waals surface area contributed by atoms with Gasteiger partial charge in [-0.15, -0.1) is 0 Å². The summed E-state index contributed by atoms with van der Waals surface area (Å²) in [6.07, 6.45) is 0. The summed E-state index contributed by atoms with van der Waals surface area (Å²) in [5.41, 5.74) is 3.63. The molecule has 4 heteroatoms. The van der Waals surface area contributed by atoms with Crippen LogP contribution in [0.15, 0.2) is 18.2 Å². The zero-order chi connectivity index (χ0) is 10.8. The second-order valence-electron chi connectivity index (χ2n) is 3.22. The number of rotatable bonds is 3. The zero-order valence-electron chi connectivity index (χ0n) is 8.18. The molecule has 1 aromatic rings. The summed E-state index contributed by atoms with van der Waals surface area (Å²) in [6, 6.07) is 4.12. The van der Waals surface area contributed by atoms with E-state index < -0.39 is 11.5 Å². The van der Waals surface area contributed by atoms with Crippen molar-refractivity contribution in [3.8, 4) is 5.75 Å². The van der Waals surface area contributed by atoms with Crippen LogP contribution in [0.3, 0.4) is 0 Å². The Balaban J connectivity index is 3.27. The molecular formula is C10H13F2NO. The highest BCUT2D eigenvalue weighted by Gasteiger charge is 2.28. The molecule has 0 saturated carbocycles. The number of benzene rings is 1. The average molecular weight is 201 g/mol. The van der Waals surface area contributed by atoms with Gasteiger partial charge in [-0.2, -0.15) is 0 Å². The molecule has 0 radical (unpaired) electrons. The van der Waals surface area contributed by atoms with E-state index >= 15 is 0 Å². The second kappa shape index (κ2) is 3.92. The van der Waals surface area contributed by atoms with E-state index in [1.165, 1.54) is 32.2 Å². The van der Waals surface area contributed by atoms with Crippen LogP contribution in [-0.4, -0.2) is 13.7 Å². The number of hydrogen-bond donors (Lipinski definition) is 1. The average Bonchev–Trinajstić information content (AvgIpc) is 2.17. The van der Waals surface area contributed by atoms with Crippen LogP contribution in [0.2, 0.25) is 0 Å². The third kappa shape index (κ3) is 1.85. The van der Waals surface area contributed by atoms with E-state index in [1.54, 1.807) is 0 Å². The van der Waals surface area contributed by atoms with Gasteiger partial charge in [-0.05, 0) is 13.0 Å². The van der Waals surface area contributed by atoms with Crippen molar-refractivity contribution in [2.45, 2.75) is 12.6 Å². The van der Waals surface area contributed by atoms with Crippen LogP contribution in [0.25, 0.3) is 0 Å². The molecule has 2 nitrogen and oxygen atoms in total. The maximum absolute atomic E-state index is 13.8. The summed E-state index contributed by atoms with van der Waals surface area (Å²) in [5, 5.41) is 0. The Morgan fingerprint density at radius 1 is 1.50 bits per heavy atom. The smallest absolute Gasteiger partial charge is 0.165 e. The minimum atomic E-state index is -1.77. The summed E-state index contributed by atoms with van der Waals surface area (Å²) in [7, 11) is 1.30. The van der Waals surface area contributed by atoms with Crippen LogP contribution in [0.5, 0.6) is 5.75 Å². The van der Waals surface area contributed by atoms with Crippen LogP contribution in [0.1, 0.15) is 12.5 Å². The first kappa shape index (κ1) is 10.9. The Hall–Kier alpha value is -1.16. The minimum absolute atomic E-state index is 0.0806. The van der Waals surface area contributed by atoms with Crippen LogP contribution >= 0.6 is 0 Å². The Bertz CT molecular complexity index is 326. The molecule has 78 valence electrons. The highest BCUT2D eigenvalue weighted by atomic mass is 19.1. The molecule has 14 heavy (non-hydrogen) atoms. The maximum atomic E-state index is 13.8. The Kier molecular flexibility index (Phi) is 3.06. The van der Waals surface area contributed by atoms with E-state index in [9.17, 15) is 8.78 Å². The lowest BCUT2D eigenvalue weighted by Crippen LogP contribution is -2.27. The lowest BCUT2D eigenvalue weighted by Gasteiger charge is -2.21. The molecule has 0 aromatic heterocycles. The quantitative estimate of drug-likeness (QED) is 0.811. The van der Waals surface area contributed by atoms with Crippen LogP contribution in [0, 0.1) is 5.82 Å².